The summed E-state index contributed by atoms with van der Waals surface area (Å²) in [5, 5.41) is 30.0. The lowest BCUT2D eigenvalue weighted by atomic mass is 10.00. The second kappa shape index (κ2) is 12.2. The van der Waals surface area contributed by atoms with E-state index in [1.807, 2.05) is 6.07 Å². The topological polar surface area (TPSA) is 126 Å². The smallest absolute Gasteiger partial charge is 0.175 e. The van der Waals surface area contributed by atoms with E-state index in [2.05, 4.69) is 79.6 Å². The minimum Gasteiger partial charge on any atom is -0.390 e. The van der Waals surface area contributed by atoms with E-state index in [0.717, 1.165) is 31.2 Å². The first kappa shape index (κ1) is 27.1. The van der Waals surface area contributed by atoms with Gasteiger partial charge < -0.3 is 20.5 Å². The molecule has 0 aliphatic carbocycles. The van der Waals surface area contributed by atoms with Gasteiger partial charge >= 0.3 is 0 Å². The maximum Gasteiger partial charge on any atom is 0.175 e. The molecule has 0 unspecified atom stereocenters. The van der Waals surface area contributed by atoms with Gasteiger partial charge in [-0.3, -0.25) is 4.90 Å². The van der Waals surface area contributed by atoms with Crippen LogP contribution in [0.4, 0.5) is 17.3 Å². The number of hydrogen-bond acceptors (Lipinski definition) is 10. The molecule has 3 N–H and O–H groups in total. The number of ether oxygens (including phenoxy) is 1. The average molecular weight is 548 g/mol. The lowest BCUT2D eigenvalue weighted by Gasteiger charge is -2.30. The van der Waals surface area contributed by atoms with E-state index >= 15 is 0 Å². The van der Waals surface area contributed by atoms with Crippen LogP contribution in [0.5, 0.6) is 0 Å². The minimum absolute atomic E-state index is 0.273. The number of β-amino-alcohol motifs (C(OH)–C–C–N with tert-alkyl or cyclic N) is 1. The number of nitrogens with zero attached hydrogens (tertiary/aromatic N) is 7. The van der Waals surface area contributed by atoms with Gasteiger partial charge in [0.1, 0.15) is 24.1 Å². The summed E-state index contributed by atoms with van der Waals surface area (Å²) in [5.41, 5.74) is 4.86. The molecule has 12 heteroatoms. The van der Waals surface area contributed by atoms with Gasteiger partial charge in [0, 0.05) is 40.9 Å². The maximum absolute atomic E-state index is 10.9. The lowest BCUT2D eigenvalue weighted by molar-refractivity contribution is 0.0818. The number of hydrogen-bond donors (Lipinski definition) is 3. The first-order valence-corrected chi connectivity index (χ1v) is 17.1. The van der Waals surface area contributed by atoms with Crippen LogP contribution in [0, 0.1) is 0 Å². The van der Waals surface area contributed by atoms with Crippen molar-refractivity contribution in [3.8, 4) is 0 Å². The van der Waals surface area contributed by atoms with Gasteiger partial charge in [-0.15, -0.1) is 0 Å². The monoisotopic (exact) mass is 547 g/mol. The minimum atomic E-state index is -1.22. The molecule has 0 bridgehead atoms. The van der Waals surface area contributed by atoms with Gasteiger partial charge in [-0.05, 0) is 29.7 Å². The number of aromatic nitrogens is 6. The van der Waals surface area contributed by atoms with E-state index in [9.17, 15) is 5.11 Å². The van der Waals surface area contributed by atoms with Crippen molar-refractivity contribution in [3.05, 3.63) is 60.2 Å². The van der Waals surface area contributed by atoms with Crippen molar-refractivity contribution in [3.63, 3.8) is 0 Å². The highest BCUT2D eigenvalue weighted by Crippen LogP contribution is 2.28. The van der Waals surface area contributed by atoms with E-state index < -0.39 is 14.2 Å². The zero-order valence-corrected chi connectivity index (χ0v) is 23.8. The largest absolute Gasteiger partial charge is 0.390 e. The van der Waals surface area contributed by atoms with E-state index in [0.29, 0.717) is 42.4 Å². The Morgan fingerprint density at radius 1 is 1.08 bits per heavy atom. The molecule has 206 valence electrons. The molecule has 0 amide bonds. The Balaban J connectivity index is 1.30. The standard InChI is InChI=1S/C27H37N9O2Si/c1-39(2,3)13-12-38-19-36-25-24(29-18-30-27(25)33-22-8-10-31-32-14-22)26(34-36)28-15-23(37)17-35-11-9-20-6-4-5-7-21(20)16-35/h4-8,10,14,18,23,37H,9,11-13,15-17,19H2,1-3H3,(H,28,34)(H,29,30,31,33)/t23-/m0/s1. The maximum atomic E-state index is 10.9. The van der Waals surface area contributed by atoms with E-state index in [4.69, 9.17) is 9.84 Å². The fraction of sp³-hybridized carbons (Fsp3) is 0.444. The summed E-state index contributed by atoms with van der Waals surface area (Å²) < 4.78 is 7.79. The van der Waals surface area contributed by atoms with Crippen LogP contribution >= 0.6 is 0 Å². The van der Waals surface area contributed by atoms with Gasteiger partial charge in [-0.1, -0.05) is 43.9 Å². The summed E-state index contributed by atoms with van der Waals surface area (Å²) in [4.78, 5) is 11.3. The zero-order valence-electron chi connectivity index (χ0n) is 22.8. The molecule has 11 nitrogen and oxygen atoms in total. The van der Waals surface area contributed by atoms with Crippen molar-refractivity contribution in [1.82, 2.24) is 34.8 Å². The van der Waals surface area contributed by atoms with E-state index in [1.54, 1.807) is 17.1 Å². The quantitative estimate of drug-likeness (QED) is 0.179. The van der Waals surface area contributed by atoms with Crippen LogP contribution in [0.25, 0.3) is 11.0 Å². The van der Waals surface area contributed by atoms with Crippen LogP contribution in [-0.2, 0) is 24.4 Å². The lowest BCUT2D eigenvalue weighted by Crippen LogP contribution is -2.39. The molecule has 1 aliphatic heterocycles. The van der Waals surface area contributed by atoms with Crippen molar-refractivity contribution >= 4 is 36.4 Å². The number of rotatable bonds is 12. The van der Waals surface area contributed by atoms with Gasteiger partial charge in [0.15, 0.2) is 11.6 Å². The molecule has 0 spiro atoms. The summed E-state index contributed by atoms with van der Waals surface area (Å²) in [6.07, 6.45) is 5.19. The molecule has 0 saturated carbocycles. The van der Waals surface area contributed by atoms with Gasteiger partial charge in [-0.2, -0.15) is 15.3 Å². The van der Waals surface area contributed by atoms with Crippen LogP contribution in [0.2, 0.25) is 25.7 Å². The van der Waals surface area contributed by atoms with Crippen molar-refractivity contribution in [1.29, 1.82) is 0 Å². The summed E-state index contributed by atoms with van der Waals surface area (Å²) >= 11 is 0. The van der Waals surface area contributed by atoms with Gasteiger partial charge in [-0.25, -0.2) is 14.6 Å². The Kier molecular flexibility index (Phi) is 8.46. The number of fused-ring (bicyclic) bond motifs is 2. The third-order valence-corrected chi connectivity index (χ3v) is 8.47. The van der Waals surface area contributed by atoms with Crippen molar-refractivity contribution in [2.24, 2.45) is 0 Å². The summed E-state index contributed by atoms with van der Waals surface area (Å²) in [6.45, 7) is 10.6. The second-order valence-electron chi connectivity index (χ2n) is 11.2. The highest BCUT2D eigenvalue weighted by Gasteiger charge is 2.21. The first-order chi connectivity index (χ1) is 18.9. The summed E-state index contributed by atoms with van der Waals surface area (Å²) in [7, 11) is -1.22. The van der Waals surface area contributed by atoms with Crippen LogP contribution < -0.4 is 10.6 Å². The first-order valence-electron chi connectivity index (χ1n) is 13.4. The highest BCUT2D eigenvalue weighted by atomic mass is 28.3. The predicted octanol–water partition coefficient (Wildman–Crippen LogP) is 3.50. The van der Waals surface area contributed by atoms with Crippen LogP contribution in [0.3, 0.4) is 0 Å². The Bertz CT molecular complexity index is 1380. The summed E-state index contributed by atoms with van der Waals surface area (Å²) in [5.74, 6) is 1.18. The molecular formula is C27H37N9O2Si. The molecular weight excluding hydrogens is 510 g/mol. The van der Waals surface area contributed by atoms with Crippen molar-refractivity contribution < 1.29 is 9.84 Å². The average Bonchev–Trinajstić information content (AvgIpc) is 3.28. The van der Waals surface area contributed by atoms with Gasteiger partial charge in [0.25, 0.3) is 0 Å². The van der Waals surface area contributed by atoms with Crippen LogP contribution in [0.15, 0.2) is 49.1 Å². The molecule has 39 heavy (non-hydrogen) atoms. The predicted molar refractivity (Wildman–Crippen MR) is 155 cm³/mol. The van der Waals surface area contributed by atoms with Gasteiger partial charge in [0.05, 0.1) is 24.2 Å². The Labute approximate surface area is 229 Å². The molecule has 1 aromatic carbocycles. The number of anilines is 3. The molecule has 4 heterocycles. The molecule has 1 aliphatic rings. The molecule has 1 atom stereocenters. The van der Waals surface area contributed by atoms with E-state index in [1.165, 1.54) is 17.5 Å². The van der Waals surface area contributed by atoms with E-state index in [-0.39, 0.29) is 6.73 Å². The molecule has 4 aromatic rings. The Morgan fingerprint density at radius 2 is 1.92 bits per heavy atom. The van der Waals surface area contributed by atoms with Crippen molar-refractivity contribution in [2.45, 2.75) is 51.5 Å². The molecule has 0 fully saturated rings. The van der Waals surface area contributed by atoms with Gasteiger partial charge in [0.2, 0.25) is 0 Å². The number of nitrogens with one attached hydrogen (secondary N) is 2. The third kappa shape index (κ3) is 7.15. The normalized spacial score (nSPS) is 14.8. The fourth-order valence-electron chi connectivity index (χ4n) is 4.64. The van der Waals surface area contributed by atoms with Crippen LogP contribution in [-0.4, -0.2) is 80.4 Å². The second-order valence-corrected chi connectivity index (χ2v) is 16.8. The molecule has 0 radical (unpaired) electrons. The Hall–Kier alpha value is -3.45. The van der Waals surface area contributed by atoms with Crippen LogP contribution in [0.1, 0.15) is 11.1 Å². The van der Waals surface area contributed by atoms with Crippen molar-refractivity contribution in [2.75, 3.05) is 36.9 Å². The number of benzene rings is 1. The Morgan fingerprint density at radius 3 is 2.72 bits per heavy atom. The fourth-order valence-corrected chi connectivity index (χ4v) is 5.39. The number of aliphatic hydroxyl groups excluding tert-OH is 1. The molecule has 0 saturated heterocycles. The molecule has 5 rings (SSSR count). The third-order valence-electron chi connectivity index (χ3n) is 6.77. The number of aliphatic hydroxyl groups is 1. The zero-order chi connectivity index (χ0) is 27.2. The molecule has 3 aromatic heterocycles. The summed E-state index contributed by atoms with van der Waals surface area (Å²) in [6, 6.07) is 11.4. The highest BCUT2D eigenvalue weighted by molar-refractivity contribution is 6.76. The SMILES string of the molecule is C[Si](C)(C)CCOCn1nc(NC[C@H](O)CN2CCc3ccccc3C2)c2ncnc(Nc3ccnnc3)c21.